The molecule has 2 N–H and O–H groups in total. The fourth-order valence-electron chi connectivity index (χ4n) is 3.00. The molecule has 0 bridgehead atoms. The minimum Gasteiger partial charge on any atom is -0.383 e. The normalized spacial score (nSPS) is 14.4. The average molecular weight is 478 g/mol. The Bertz CT molecular complexity index is 544. The van der Waals surface area contributed by atoms with Crippen molar-refractivity contribution < 1.29 is 4.74 Å². The zero-order valence-electron chi connectivity index (χ0n) is 16.6. The molecule has 1 heterocycles. The Kier molecular flexibility index (Phi) is 11.1. The van der Waals surface area contributed by atoms with Gasteiger partial charge < -0.3 is 15.4 Å². The van der Waals surface area contributed by atoms with E-state index < -0.39 is 0 Å². The summed E-state index contributed by atoms with van der Waals surface area (Å²) in [5.41, 5.74) is 2.30. The number of halogens is 1. The minimum absolute atomic E-state index is 0. The lowest BCUT2D eigenvalue weighted by Crippen LogP contribution is -2.43. The zero-order chi connectivity index (χ0) is 18.1. The molecule has 0 spiro atoms. The second-order valence-electron chi connectivity index (χ2n) is 6.69. The van der Waals surface area contributed by atoms with E-state index in [1.807, 2.05) is 14.0 Å². The lowest BCUT2D eigenvalue weighted by molar-refractivity contribution is 0.144. The average Bonchev–Trinajstić information content (AvgIpc) is 3.38. The van der Waals surface area contributed by atoms with Crippen LogP contribution in [0.5, 0.6) is 0 Å². The molecule has 26 heavy (non-hydrogen) atoms. The molecule has 150 valence electrons. The number of aromatic nitrogens is 2. The summed E-state index contributed by atoms with van der Waals surface area (Å²) in [6.07, 6.45) is 3.66. The van der Waals surface area contributed by atoms with Gasteiger partial charge in [-0.3, -0.25) is 14.6 Å². The molecule has 0 aromatic carbocycles. The Morgan fingerprint density at radius 3 is 2.62 bits per heavy atom. The van der Waals surface area contributed by atoms with Gasteiger partial charge in [0.15, 0.2) is 5.96 Å². The molecule has 0 atom stereocenters. The highest BCUT2D eigenvalue weighted by molar-refractivity contribution is 14.0. The predicted octanol–water partition coefficient (Wildman–Crippen LogP) is 1.78. The van der Waals surface area contributed by atoms with Crippen molar-refractivity contribution in [2.75, 3.05) is 46.9 Å². The summed E-state index contributed by atoms with van der Waals surface area (Å²) < 4.78 is 7.27. The first kappa shape index (κ1) is 23.2. The van der Waals surface area contributed by atoms with Crippen molar-refractivity contribution in [1.82, 2.24) is 25.3 Å². The molecular weight excluding hydrogens is 443 g/mol. The van der Waals surface area contributed by atoms with Crippen LogP contribution < -0.4 is 10.6 Å². The maximum absolute atomic E-state index is 5.21. The van der Waals surface area contributed by atoms with Crippen molar-refractivity contribution in [3.63, 3.8) is 0 Å². The van der Waals surface area contributed by atoms with Gasteiger partial charge in [0.1, 0.15) is 0 Å². The molecular formula is C18H35IN6O. The van der Waals surface area contributed by atoms with E-state index in [4.69, 9.17) is 4.74 Å². The number of hydrogen-bond donors (Lipinski definition) is 2. The predicted molar refractivity (Wildman–Crippen MR) is 118 cm³/mol. The number of nitrogens with zero attached hydrogens (tertiary/aromatic N) is 4. The summed E-state index contributed by atoms with van der Waals surface area (Å²) in [6, 6.07) is 2.87. The third-order valence-corrected chi connectivity index (χ3v) is 4.50. The van der Waals surface area contributed by atoms with E-state index in [0.29, 0.717) is 0 Å². The molecule has 1 aliphatic carbocycles. The van der Waals surface area contributed by atoms with Crippen LogP contribution in [0.3, 0.4) is 0 Å². The number of ether oxygens (including phenoxy) is 1. The number of rotatable bonds is 11. The first-order chi connectivity index (χ1) is 12.1. The van der Waals surface area contributed by atoms with E-state index in [-0.39, 0.29) is 24.0 Å². The zero-order valence-corrected chi connectivity index (χ0v) is 19.0. The highest BCUT2D eigenvalue weighted by atomic mass is 127. The van der Waals surface area contributed by atoms with Gasteiger partial charge in [0, 0.05) is 58.6 Å². The van der Waals surface area contributed by atoms with Gasteiger partial charge in [-0.1, -0.05) is 0 Å². The van der Waals surface area contributed by atoms with E-state index in [9.17, 15) is 0 Å². The molecule has 0 aliphatic heterocycles. The third-order valence-electron chi connectivity index (χ3n) is 4.50. The number of methoxy groups -OCH3 is 1. The molecule has 0 amide bonds. The van der Waals surface area contributed by atoms with Crippen molar-refractivity contribution >= 4 is 29.9 Å². The Morgan fingerprint density at radius 2 is 2.04 bits per heavy atom. The molecule has 1 fully saturated rings. The van der Waals surface area contributed by atoms with E-state index in [0.717, 1.165) is 63.4 Å². The standard InChI is InChI=1S/C18H34N6O.HI/c1-15-14-16(2)24(22-15)10-5-8-20-18(19-3)21-9-11-23(12-13-25-4)17-6-7-17;/h14,17H,5-13H2,1-4H3,(H2,19,20,21);1H. The summed E-state index contributed by atoms with van der Waals surface area (Å²) in [4.78, 5) is 6.81. The second-order valence-corrected chi connectivity index (χ2v) is 6.69. The smallest absolute Gasteiger partial charge is 0.191 e. The van der Waals surface area contributed by atoms with Gasteiger partial charge in [-0.25, -0.2) is 0 Å². The lowest BCUT2D eigenvalue weighted by atomic mass is 10.4. The quantitative estimate of drug-likeness (QED) is 0.220. The number of aliphatic imine (C=N–C) groups is 1. The highest BCUT2D eigenvalue weighted by Crippen LogP contribution is 2.25. The molecule has 0 unspecified atom stereocenters. The van der Waals surface area contributed by atoms with Crippen LogP contribution in [0.1, 0.15) is 30.7 Å². The van der Waals surface area contributed by atoms with E-state index in [2.05, 4.69) is 43.3 Å². The van der Waals surface area contributed by atoms with Crippen molar-refractivity contribution in [1.29, 1.82) is 0 Å². The fourth-order valence-corrected chi connectivity index (χ4v) is 3.00. The Hall–Kier alpha value is -0.870. The maximum Gasteiger partial charge on any atom is 0.191 e. The van der Waals surface area contributed by atoms with Gasteiger partial charge in [-0.2, -0.15) is 5.10 Å². The van der Waals surface area contributed by atoms with Crippen LogP contribution in [-0.4, -0.2) is 73.6 Å². The SMILES string of the molecule is CN=C(NCCCn1nc(C)cc1C)NCCN(CCOC)C1CC1.I. The molecule has 1 aliphatic rings. The summed E-state index contributed by atoms with van der Waals surface area (Å²) in [5, 5.41) is 11.3. The third kappa shape index (κ3) is 8.22. The van der Waals surface area contributed by atoms with Gasteiger partial charge >= 0.3 is 0 Å². The molecule has 8 heteroatoms. The van der Waals surface area contributed by atoms with Gasteiger partial charge in [0.05, 0.1) is 12.3 Å². The van der Waals surface area contributed by atoms with Crippen molar-refractivity contribution in [2.24, 2.45) is 4.99 Å². The van der Waals surface area contributed by atoms with Crippen molar-refractivity contribution in [2.45, 2.75) is 45.7 Å². The number of hydrogen-bond acceptors (Lipinski definition) is 4. The van der Waals surface area contributed by atoms with Gasteiger partial charge in [-0.05, 0) is 39.2 Å². The lowest BCUT2D eigenvalue weighted by Gasteiger charge is -2.22. The van der Waals surface area contributed by atoms with Crippen LogP contribution in [0, 0.1) is 13.8 Å². The van der Waals surface area contributed by atoms with Crippen LogP contribution in [0.15, 0.2) is 11.1 Å². The number of aryl methyl sites for hydroxylation is 3. The molecule has 1 aromatic rings. The summed E-state index contributed by atoms with van der Waals surface area (Å²) in [5.74, 6) is 0.871. The van der Waals surface area contributed by atoms with Gasteiger partial charge in [0.2, 0.25) is 0 Å². The fraction of sp³-hybridized carbons (Fsp3) is 0.778. The molecule has 0 radical (unpaired) electrons. The second kappa shape index (κ2) is 12.5. The monoisotopic (exact) mass is 478 g/mol. The number of guanidine groups is 1. The summed E-state index contributed by atoms with van der Waals surface area (Å²) >= 11 is 0. The van der Waals surface area contributed by atoms with Crippen molar-refractivity contribution in [3.05, 3.63) is 17.5 Å². The molecule has 7 nitrogen and oxygen atoms in total. The van der Waals surface area contributed by atoms with E-state index in [1.54, 1.807) is 7.11 Å². The van der Waals surface area contributed by atoms with Crippen LogP contribution in [0.4, 0.5) is 0 Å². The number of nitrogens with one attached hydrogen (secondary N) is 2. The molecule has 0 saturated heterocycles. The van der Waals surface area contributed by atoms with Crippen LogP contribution >= 0.6 is 24.0 Å². The first-order valence-electron chi connectivity index (χ1n) is 9.32. The van der Waals surface area contributed by atoms with Crippen LogP contribution in [0.2, 0.25) is 0 Å². The maximum atomic E-state index is 5.21. The molecule has 2 rings (SSSR count). The Morgan fingerprint density at radius 1 is 1.31 bits per heavy atom. The van der Waals surface area contributed by atoms with Crippen LogP contribution in [0.25, 0.3) is 0 Å². The van der Waals surface area contributed by atoms with Gasteiger partial charge in [-0.15, -0.1) is 24.0 Å². The Labute approximate surface area is 175 Å². The first-order valence-corrected chi connectivity index (χ1v) is 9.32. The summed E-state index contributed by atoms with van der Waals surface area (Å²) in [6.45, 7) is 9.68. The largest absolute Gasteiger partial charge is 0.383 e. The Balaban J connectivity index is 0.00000338. The van der Waals surface area contributed by atoms with E-state index in [1.165, 1.54) is 18.5 Å². The minimum atomic E-state index is 0. The summed E-state index contributed by atoms with van der Waals surface area (Å²) in [7, 11) is 3.58. The molecule has 1 saturated carbocycles. The van der Waals surface area contributed by atoms with Crippen LogP contribution in [-0.2, 0) is 11.3 Å². The van der Waals surface area contributed by atoms with Gasteiger partial charge in [0.25, 0.3) is 0 Å². The molecule has 1 aromatic heterocycles. The van der Waals surface area contributed by atoms with Crippen molar-refractivity contribution in [3.8, 4) is 0 Å². The van der Waals surface area contributed by atoms with E-state index >= 15 is 0 Å². The topological polar surface area (TPSA) is 66.7 Å². The highest BCUT2D eigenvalue weighted by Gasteiger charge is 2.28.